The standard InChI is InChI=1S/C10H11ClN2O3/c11-6-16-8(9(12)14)10(15)13-7-4-2-1-3-5-7/h1-5,8H,6H2,(H2,12,14)(H,13,15). The van der Waals surface area contributed by atoms with Crippen LogP contribution in [0.2, 0.25) is 0 Å². The minimum atomic E-state index is -1.38. The van der Waals surface area contributed by atoms with Gasteiger partial charge in [0.1, 0.15) is 6.07 Å². The zero-order chi connectivity index (χ0) is 12.0. The molecule has 16 heavy (non-hydrogen) atoms. The predicted molar refractivity (Wildman–Crippen MR) is 59.9 cm³/mol. The summed E-state index contributed by atoms with van der Waals surface area (Å²) in [7, 11) is 0. The number of carbonyl (C=O) groups is 2. The summed E-state index contributed by atoms with van der Waals surface area (Å²) >= 11 is 5.28. The van der Waals surface area contributed by atoms with Gasteiger partial charge >= 0.3 is 0 Å². The first-order valence-corrected chi connectivity index (χ1v) is 5.01. The van der Waals surface area contributed by atoms with Gasteiger partial charge in [0.25, 0.3) is 11.8 Å². The fraction of sp³-hybridized carbons (Fsp3) is 0.200. The van der Waals surface area contributed by atoms with E-state index in [0.29, 0.717) is 5.69 Å². The SMILES string of the molecule is NC(=O)C(OCCl)C(=O)Nc1ccccc1. The number of alkyl halides is 1. The summed E-state index contributed by atoms with van der Waals surface area (Å²) in [6.07, 6.45) is -1.38. The van der Waals surface area contributed by atoms with E-state index in [-0.39, 0.29) is 6.07 Å². The normalized spacial score (nSPS) is 11.8. The Labute approximate surface area is 97.5 Å². The van der Waals surface area contributed by atoms with Crippen LogP contribution in [0.4, 0.5) is 5.69 Å². The molecule has 0 fully saturated rings. The van der Waals surface area contributed by atoms with E-state index in [9.17, 15) is 9.59 Å². The molecule has 2 amide bonds. The van der Waals surface area contributed by atoms with E-state index >= 15 is 0 Å². The summed E-state index contributed by atoms with van der Waals surface area (Å²) in [6.45, 7) is 0. The van der Waals surface area contributed by atoms with Crippen LogP contribution in [0.3, 0.4) is 0 Å². The van der Waals surface area contributed by atoms with Gasteiger partial charge in [-0.1, -0.05) is 29.8 Å². The molecule has 0 aliphatic heterocycles. The second kappa shape index (κ2) is 6.09. The number of para-hydroxylation sites is 1. The van der Waals surface area contributed by atoms with E-state index in [4.69, 9.17) is 22.1 Å². The van der Waals surface area contributed by atoms with Gasteiger partial charge < -0.3 is 15.8 Å². The largest absolute Gasteiger partial charge is 0.367 e. The van der Waals surface area contributed by atoms with Crippen molar-refractivity contribution in [2.45, 2.75) is 6.10 Å². The molecule has 0 spiro atoms. The van der Waals surface area contributed by atoms with E-state index in [1.54, 1.807) is 30.3 Å². The van der Waals surface area contributed by atoms with Gasteiger partial charge in [-0.15, -0.1) is 0 Å². The smallest absolute Gasteiger partial charge is 0.263 e. The molecule has 6 heteroatoms. The highest BCUT2D eigenvalue weighted by molar-refractivity contribution is 6.17. The minimum Gasteiger partial charge on any atom is -0.367 e. The fourth-order valence-electron chi connectivity index (χ4n) is 1.08. The lowest BCUT2D eigenvalue weighted by Gasteiger charge is -2.12. The van der Waals surface area contributed by atoms with E-state index in [2.05, 4.69) is 5.32 Å². The molecule has 0 aromatic heterocycles. The van der Waals surface area contributed by atoms with Gasteiger partial charge in [-0.25, -0.2) is 0 Å². The quantitative estimate of drug-likeness (QED) is 0.589. The van der Waals surface area contributed by atoms with Crippen LogP contribution in [0.5, 0.6) is 0 Å². The number of carbonyl (C=O) groups excluding carboxylic acids is 2. The van der Waals surface area contributed by atoms with Crippen LogP contribution in [0.1, 0.15) is 0 Å². The average Bonchev–Trinajstić information content (AvgIpc) is 2.26. The van der Waals surface area contributed by atoms with Crippen LogP contribution < -0.4 is 11.1 Å². The molecule has 0 heterocycles. The Morgan fingerprint density at radius 1 is 1.38 bits per heavy atom. The average molecular weight is 243 g/mol. The molecule has 1 aromatic carbocycles. The van der Waals surface area contributed by atoms with E-state index < -0.39 is 17.9 Å². The molecular weight excluding hydrogens is 232 g/mol. The van der Waals surface area contributed by atoms with Crippen LogP contribution in [0.15, 0.2) is 30.3 Å². The second-order valence-electron chi connectivity index (χ2n) is 2.91. The number of rotatable bonds is 5. The van der Waals surface area contributed by atoms with Crippen molar-refractivity contribution in [2.24, 2.45) is 5.73 Å². The molecule has 0 saturated carbocycles. The number of hydrogen-bond acceptors (Lipinski definition) is 3. The second-order valence-corrected chi connectivity index (χ2v) is 3.13. The monoisotopic (exact) mass is 242 g/mol. The van der Waals surface area contributed by atoms with Crippen molar-refractivity contribution >= 4 is 29.1 Å². The number of nitrogens with two attached hydrogens (primary N) is 1. The highest BCUT2D eigenvalue weighted by atomic mass is 35.5. The highest BCUT2D eigenvalue weighted by Gasteiger charge is 2.24. The summed E-state index contributed by atoms with van der Waals surface area (Å²) < 4.78 is 4.72. The summed E-state index contributed by atoms with van der Waals surface area (Å²) in [5, 5.41) is 2.48. The summed E-state index contributed by atoms with van der Waals surface area (Å²) in [4.78, 5) is 22.4. The third kappa shape index (κ3) is 3.52. The number of primary amides is 1. The van der Waals surface area contributed by atoms with Crippen LogP contribution in [-0.2, 0) is 14.3 Å². The van der Waals surface area contributed by atoms with Crippen molar-refractivity contribution in [2.75, 3.05) is 11.4 Å². The molecule has 1 aromatic rings. The lowest BCUT2D eigenvalue weighted by atomic mass is 10.2. The minimum absolute atomic E-state index is 0.282. The number of halogens is 1. The number of anilines is 1. The molecular formula is C10H11ClN2O3. The molecule has 0 aliphatic carbocycles. The number of hydrogen-bond donors (Lipinski definition) is 2. The van der Waals surface area contributed by atoms with Crippen molar-refractivity contribution in [3.05, 3.63) is 30.3 Å². The maximum atomic E-state index is 11.5. The Kier molecular flexibility index (Phi) is 4.75. The van der Waals surface area contributed by atoms with Crippen molar-refractivity contribution in [3.8, 4) is 0 Å². The van der Waals surface area contributed by atoms with Crippen LogP contribution in [0.25, 0.3) is 0 Å². The molecule has 3 N–H and O–H groups in total. The van der Waals surface area contributed by atoms with Crippen LogP contribution in [-0.4, -0.2) is 24.0 Å². The Bertz CT molecular complexity index is 370. The van der Waals surface area contributed by atoms with Crippen molar-refractivity contribution in [3.63, 3.8) is 0 Å². The third-order valence-corrected chi connectivity index (χ3v) is 1.89. The Morgan fingerprint density at radius 3 is 2.50 bits per heavy atom. The Hall–Kier alpha value is -1.59. The van der Waals surface area contributed by atoms with E-state index in [0.717, 1.165) is 0 Å². The Balaban J connectivity index is 2.66. The van der Waals surface area contributed by atoms with Crippen molar-refractivity contribution in [1.82, 2.24) is 0 Å². The molecule has 86 valence electrons. The number of ether oxygens (including phenoxy) is 1. The van der Waals surface area contributed by atoms with Crippen LogP contribution >= 0.6 is 11.6 Å². The summed E-state index contributed by atoms with van der Waals surface area (Å²) in [5.41, 5.74) is 5.55. The highest BCUT2D eigenvalue weighted by Crippen LogP contribution is 2.06. The Morgan fingerprint density at radius 2 is 2.00 bits per heavy atom. The topological polar surface area (TPSA) is 81.4 Å². The number of nitrogens with one attached hydrogen (secondary N) is 1. The first-order valence-electron chi connectivity index (χ1n) is 4.48. The van der Waals surface area contributed by atoms with E-state index in [1.165, 1.54) is 0 Å². The number of benzene rings is 1. The lowest BCUT2D eigenvalue weighted by molar-refractivity contribution is -0.138. The summed E-state index contributed by atoms with van der Waals surface area (Å²) in [6, 6.07) is 8.37. The van der Waals surface area contributed by atoms with Gasteiger partial charge in [-0.2, -0.15) is 0 Å². The molecule has 0 radical (unpaired) electrons. The molecule has 1 unspecified atom stereocenters. The van der Waals surface area contributed by atoms with E-state index in [1.807, 2.05) is 0 Å². The first kappa shape index (κ1) is 12.5. The molecule has 5 nitrogen and oxygen atoms in total. The van der Waals surface area contributed by atoms with Crippen molar-refractivity contribution < 1.29 is 14.3 Å². The van der Waals surface area contributed by atoms with Crippen LogP contribution in [0, 0.1) is 0 Å². The number of amides is 2. The van der Waals surface area contributed by atoms with Crippen molar-refractivity contribution in [1.29, 1.82) is 0 Å². The van der Waals surface area contributed by atoms with Gasteiger partial charge in [0.2, 0.25) is 6.10 Å². The molecule has 0 bridgehead atoms. The zero-order valence-corrected chi connectivity index (χ0v) is 9.11. The molecule has 0 aliphatic rings. The van der Waals surface area contributed by atoms with Gasteiger partial charge in [0, 0.05) is 5.69 Å². The lowest BCUT2D eigenvalue weighted by Crippen LogP contribution is -2.41. The first-order chi connectivity index (χ1) is 7.65. The fourth-order valence-corrected chi connectivity index (χ4v) is 1.21. The molecule has 1 rings (SSSR count). The van der Waals surface area contributed by atoms with Gasteiger partial charge in [0.05, 0.1) is 0 Å². The maximum Gasteiger partial charge on any atom is 0.263 e. The van der Waals surface area contributed by atoms with Gasteiger partial charge in [-0.3, -0.25) is 9.59 Å². The predicted octanol–water partition coefficient (Wildman–Crippen LogP) is 0.692. The van der Waals surface area contributed by atoms with Gasteiger partial charge in [0.15, 0.2) is 0 Å². The van der Waals surface area contributed by atoms with Gasteiger partial charge in [-0.05, 0) is 12.1 Å². The third-order valence-electron chi connectivity index (χ3n) is 1.77. The zero-order valence-electron chi connectivity index (χ0n) is 8.35. The molecule has 1 atom stereocenters. The molecule has 0 saturated heterocycles. The maximum absolute atomic E-state index is 11.5. The summed E-state index contributed by atoms with van der Waals surface area (Å²) in [5.74, 6) is -1.52.